The van der Waals surface area contributed by atoms with Gasteiger partial charge in [-0.15, -0.1) is 0 Å². The molecular formula is C39H33N3O6. The molecule has 7 rings (SSSR count). The van der Waals surface area contributed by atoms with Gasteiger partial charge in [0.25, 0.3) is 35.4 Å². The Morgan fingerprint density at radius 3 is 0.708 bits per heavy atom. The minimum Gasteiger partial charge on any atom is -0.269 e. The average Bonchev–Trinajstić information content (AvgIpc) is 3.63. The normalized spacial score (nSPS) is 26.6. The molecule has 3 aromatic carbocycles. The maximum atomic E-state index is 14.4. The highest BCUT2D eigenvalue weighted by Gasteiger charge is 2.71. The molecule has 0 radical (unpaired) electrons. The van der Waals surface area contributed by atoms with Crippen LogP contribution >= 0.6 is 0 Å². The van der Waals surface area contributed by atoms with Gasteiger partial charge in [-0.25, -0.2) is 0 Å². The second-order valence-electron chi connectivity index (χ2n) is 12.6. The summed E-state index contributed by atoms with van der Waals surface area (Å²) in [5.41, 5.74) is -3.87. The fourth-order valence-corrected chi connectivity index (χ4v) is 8.74. The molecule has 4 aliphatic rings. The number of carbonyl (C=O) groups is 6. The van der Waals surface area contributed by atoms with E-state index in [9.17, 15) is 28.8 Å². The van der Waals surface area contributed by atoms with E-state index >= 15 is 0 Å². The first kappa shape index (κ1) is 30.9. The molecule has 9 nitrogen and oxygen atoms in total. The Bertz CT molecular complexity index is 1750. The third-order valence-corrected chi connectivity index (χ3v) is 11.1. The standard InChI is InChI=1S/C39H33N3O6/c1-7-37(40-31(43)25-16-10-11-17-26(25)32(40)44)22(4)38(8-2,41-33(45)27-18-12-13-19-28(27)34(41)46)24(6)39(9-3,23(37)5)42-35(47)29-20-14-15-21-30(29)36(42)48/h10-21H,4-9H2,1-3H3. The fraction of sp³-hybridized carbons (Fsp3) is 0.231. The first-order chi connectivity index (χ1) is 22.9. The first-order valence-electron chi connectivity index (χ1n) is 16.0. The molecule has 0 bridgehead atoms. The van der Waals surface area contributed by atoms with Crippen LogP contribution in [0.4, 0.5) is 0 Å². The lowest BCUT2D eigenvalue weighted by Gasteiger charge is -2.64. The number of hydrogen-bond donors (Lipinski definition) is 0. The smallest absolute Gasteiger partial charge is 0.262 e. The van der Waals surface area contributed by atoms with Crippen LogP contribution in [-0.4, -0.2) is 66.8 Å². The van der Waals surface area contributed by atoms with E-state index in [4.69, 9.17) is 0 Å². The van der Waals surface area contributed by atoms with Gasteiger partial charge in [0.2, 0.25) is 0 Å². The summed E-state index contributed by atoms with van der Waals surface area (Å²) in [6.45, 7) is 18.8. The van der Waals surface area contributed by atoms with E-state index in [2.05, 4.69) is 19.7 Å². The van der Waals surface area contributed by atoms with Crippen molar-refractivity contribution in [2.45, 2.75) is 56.7 Å². The number of benzene rings is 3. The van der Waals surface area contributed by atoms with Crippen molar-refractivity contribution in [3.05, 3.63) is 143 Å². The van der Waals surface area contributed by atoms with Gasteiger partial charge in [-0.2, -0.15) is 0 Å². The van der Waals surface area contributed by atoms with Gasteiger partial charge in [0.1, 0.15) is 0 Å². The molecule has 3 heterocycles. The molecule has 3 aliphatic heterocycles. The van der Waals surface area contributed by atoms with Crippen molar-refractivity contribution in [1.82, 2.24) is 14.7 Å². The van der Waals surface area contributed by atoms with Crippen molar-refractivity contribution in [1.29, 1.82) is 0 Å². The summed E-state index contributed by atoms with van der Waals surface area (Å²) in [5, 5.41) is 0. The minimum absolute atomic E-state index is 0.0131. The molecule has 1 aliphatic carbocycles. The first-order valence-corrected chi connectivity index (χ1v) is 16.0. The Balaban J connectivity index is 1.56. The van der Waals surface area contributed by atoms with Gasteiger partial charge in [-0.3, -0.25) is 43.5 Å². The number of carbonyl (C=O) groups excluding carboxylic acids is 6. The number of fused-ring (bicyclic) bond motifs is 3. The van der Waals surface area contributed by atoms with Crippen LogP contribution in [0.1, 0.15) is 102 Å². The molecule has 9 heteroatoms. The lowest BCUT2D eigenvalue weighted by molar-refractivity contribution is 0.0201. The highest BCUT2D eigenvalue weighted by atomic mass is 16.2. The SMILES string of the molecule is C=C1C(CC)(N2C(=O)c3ccccc3C2=O)C(=C)C(CC)(N2C(=O)c3ccccc3C2=O)C(=C)C1(CC)N1C(=O)c2ccccc2C1=O. The summed E-state index contributed by atoms with van der Waals surface area (Å²) in [6, 6.07) is 19.3. The molecule has 0 unspecified atom stereocenters. The maximum absolute atomic E-state index is 14.4. The molecule has 3 aromatic rings. The summed E-state index contributed by atoms with van der Waals surface area (Å²) in [7, 11) is 0. The van der Waals surface area contributed by atoms with Crippen LogP contribution in [0.25, 0.3) is 0 Å². The van der Waals surface area contributed by atoms with E-state index in [1.165, 1.54) is 0 Å². The third-order valence-electron chi connectivity index (χ3n) is 11.1. The molecule has 0 spiro atoms. The molecule has 0 N–H and O–H groups in total. The monoisotopic (exact) mass is 639 g/mol. The highest BCUT2D eigenvalue weighted by Crippen LogP contribution is 2.62. The van der Waals surface area contributed by atoms with E-state index in [1.54, 1.807) is 93.6 Å². The van der Waals surface area contributed by atoms with E-state index in [0.29, 0.717) is 0 Å². The lowest BCUT2D eigenvalue weighted by Crippen LogP contribution is -2.75. The average molecular weight is 640 g/mol. The summed E-state index contributed by atoms with van der Waals surface area (Å²) < 4.78 is 0. The summed E-state index contributed by atoms with van der Waals surface area (Å²) in [4.78, 5) is 89.7. The van der Waals surface area contributed by atoms with Gasteiger partial charge in [0.05, 0.1) is 50.0 Å². The molecule has 240 valence electrons. The maximum Gasteiger partial charge on any atom is 0.262 e. The third kappa shape index (κ3) is 3.25. The van der Waals surface area contributed by atoms with Crippen LogP contribution in [-0.2, 0) is 0 Å². The number of nitrogens with zero attached hydrogens (tertiary/aromatic N) is 3. The zero-order valence-electron chi connectivity index (χ0n) is 27.0. The van der Waals surface area contributed by atoms with Crippen LogP contribution in [0.15, 0.2) is 109 Å². The highest BCUT2D eigenvalue weighted by molar-refractivity contribution is 6.25. The molecular weight excluding hydrogens is 606 g/mol. The van der Waals surface area contributed by atoms with Crippen molar-refractivity contribution >= 4 is 35.4 Å². The minimum atomic E-state index is -1.79. The van der Waals surface area contributed by atoms with Gasteiger partial charge in [-0.1, -0.05) is 76.9 Å². The van der Waals surface area contributed by atoms with Crippen LogP contribution in [0.5, 0.6) is 0 Å². The van der Waals surface area contributed by atoms with Crippen LogP contribution < -0.4 is 0 Å². The zero-order valence-corrected chi connectivity index (χ0v) is 27.0. The number of imide groups is 3. The quantitative estimate of drug-likeness (QED) is 0.242. The van der Waals surface area contributed by atoms with Crippen LogP contribution in [0, 0.1) is 0 Å². The van der Waals surface area contributed by atoms with Gasteiger partial charge >= 0.3 is 0 Å². The van der Waals surface area contributed by atoms with E-state index < -0.39 is 52.1 Å². The molecule has 1 saturated carbocycles. The van der Waals surface area contributed by atoms with Crippen molar-refractivity contribution in [2.24, 2.45) is 0 Å². The largest absolute Gasteiger partial charge is 0.269 e. The van der Waals surface area contributed by atoms with E-state index in [1.807, 2.05) is 0 Å². The Hall–Kier alpha value is -5.70. The van der Waals surface area contributed by atoms with Crippen LogP contribution in [0.2, 0.25) is 0 Å². The van der Waals surface area contributed by atoms with Gasteiger partial charge in [0, 0.05) is 0 Å². The second-order valence-corrected chi connectivity index (χ2v) is 12.6. The molecule has 0 atom stereocenters. The van der Waals surface area contributed by atoms with Crippen molar-refractivity contribution in [3.63, 3.8) is 0 Å². The molecule has 0 aromatic heterocycles. The topological polar surface area (TPSA) is 112 Å². The Labute approximate surface area is 277 Å². The summed E-state index contributed by atoms with van der Waals surface area (Å²) >= 11 is 0. The van der Waals surface area contributed by atoms with Gasteiger partial charge in [-0.05, 0) is 72.4 Å². The van der Waals surface area contributed by atoms with Crippen LogP contribution in [0.3, 0.4) is 0 Å². The zero-order chi connectivity index (χ0) is 34.5. The molecule has 6 amide bonds. The van der Waals surface area contributed by atoms with Crippen molar-refractivity contribution in [3.8, 4) is 0 Å². The predicted molar refractivity (Wildman–Crippen MR) is 177 cm³/mol. The molecule has 1 fully saturated rings. The number of amides is 6. The van der Waals surface area contributed by atoms with E-state index in [-0.39, 0.29) is 69.4 Å². The lowest BCUT2D eigenvalue weighted by atomic mass is 9.51. The number of hydrogen-bond acceptors (Lipinski definition) is 6. The second kappa shape index (κ2) is 10.1. The fourth-order valence-electron chi connectivity index (χ4n) is 8.74. The predicted octanol–water partition coefficient (Wildman–Crippen LogP) is 6.00. The number of rotatable bonds is 6. The van der Waals surface area contributed by atoms with Gasteiger partial charge < -0.3 is 0 Å². The van der Waals surface area contributed by atoms with Crippen molar-refractivity contribution in [2.75, 3.05) is 0 Å². The molecule has 0 saturated heterocycles. The van der Waals surface area contributed by atoms with E-state index in [0.717, 1.165) is 14.7 Å². The summed E-state index contributed by atoms with van der Waals surface area (Å²) in [6.07, 6.45) is 0.0394. The Morgan fingerprint density at radius 2 is 0.562 bits per heavy atom. The Kier molecular flexibility index (Phi) is 6.54. The Morgan fingerprint density at radius 1 is 0.396 bits per heavy atom. The molecule has 48 heavy (non-hydrogen) atoms. The summed E-state index contributed by atoms with van der Waals surface area (Å²) in [5.74, 6) is -3.71. The van der Waals surface area contributed by atoms with Crippen molar-refractivity contribution < 1.29 is 28.8 Å². The van der Waals surface area contributed by atoms with Gasteiger partial charge in [0.15, 0.2) is 0 Å².